The monoisotopic (exact) mass is 1280 g/mol. The number of ether oxygens (including phenoxy) is 3. The van der Waals surface area contributed by atoms with Crippen LogP contribution in [0.1, 0.15) is 361 Å². The van der Waals surface area contributed by atoms with E-state index in [-0.39, 0.29) is 18.5 Å². The predicted octanol–water partition coefficient (Wildman–Crippen LogP) is 20.6. The van der Waals surface area contributed by atoms with Crippen molar-refractivity contribution in [1.29, 1.82) is 0 Å². The number of esters is 1. The first-order valence-electron chi connectivity index (χ1n) is 38.7. The quantitative estimate of drug-likeness (QED) is 0.0195. The Morgan fingerprint density at radius 2 is 0.747 bits per heavy atom. The minimum absolute atomic E-state index is 0.00130. The molecule has 0 aromatic heterocycles. The molecule has 7 atom stereocenters. The Morgan fingerprint density at radius 1 is 0.407 bits per heavy atom. The molecule has 7 unspecified atom stereocenters. The number of hydrogen-bond donors (Lipinski definition) is 6. The molecule has 11 heteroatoms. The van der Waals surface area contributed by atoms with Crippen molar-refractivity contribution in [1.82, 2.24) is 5.32 Å². The summed E-state index contributed by atoms with van der Waals surface area (Å²) in [6.07, 6.45) is 83.7. The molecule has 1 fully saturated rings. The van der Waals surface area contributed by atoms with Crippen LogP contribution >= 0.6 is 0 Å². The average molecular weight is 1280 g/mol. The first-order valence-corrected chi connectivity index (χ1v) is 38.7. The first-order chi connectivity index (χ1) is 44.7. The highest BCUT2D eigenvalue weighted by Crippen LogP contribution is 2.23. The van der Waals surface area contributed by atoms with Crippen molar-refractivity contribution in [2.75, 3.05) is 19.8 Å². The van der Waals surface area contributed by atoms with Crippen molar-refractivity contribution < 1.29 is 49.3 Å². The summed E-state index contributed by atoms with van der Waals surface area (Å²) < 4.78 is 16.7. The van der Waals surface area contributed by atoms with Crippen LogP contribution in [0.2, 0.25) is 0 Å². The molecule has 1 rings (SSSR count). The van der Waals surface area contributed by atoms with Gasteiger partial charge < -0.3 is 45.1 Å². The molecular formula is C80H145NO10. The minimum Gasteiger partial charge on any atom is -0.466 e. The lowest BCUT2D eigenvalue weighted by Crippen LogP contribution is -2.60. The van der Waals surface area contributed by atoms with E-state index < -0.39 is 49.5 Å². The molecule has 1 saturated heterocycles. The van der Waals surface area contributed by atoms with Gasteiger partial charge in [-0.25, -0.2) is 0 Å². The van der Waals surface area contributed by atoms with Crippen LogP contribution in [0.3, 0.4) is 0 Å². The molecule has 0 radical (unpaired) electrons. The molecule has 11 nitrogen and oxygen atoms in total. The van der Waals surface area contributed by atoms with Crippen LogP contribution < -0.4 is 5.32 Å². The number of carbonyl (C=O) groups excluding carboxylic acids is 2. The van der Waals surface area contributed by atoms with Gasteiger partial charge in [-0.1, -0.05) is 311 Å². The molecular weight excluding hydrogens is 1130 g/mol. The topological polar surface area (TPSA) is 175 Å². The molecule has 0 aromatic carbocycles. The van der Waals surface area contributed by atoms with Crippen LogP contribution in [-0.2, 0) is 23.8 Å². The highest BCUT2D eigenvalue weighted by atomic mass is 16.7. The molecule has 0 bridgehead atoms. The van der Waals surface area contributed by atoms with E-state index in [0.717, 1.165) is 70.6 Å². The molecule has 1 heterocycles. The summed E-state index contributed by atoms with van der Waals surface area (Å²) in [6.45, 7) is 4.30. The van der Waals surface area contributed by atoms with Crippen molar-refractivity contribution in [2.24, 2.45) is 0 Å². The second kappa shape index (κ2) is 68.5. The zero-order chi connectivity index (χ0) is 65.8. The van der Waals surface area contributed by atoms with Crippen molar-refractivity contribution in [2.45, 2.75) is 403 Å². The number of unbranched alkanes of at least 4 members (excludes halogenated alkanes) is 44. The van der Waals surface area contributed by atoms with Gasteiger partial charge in [0.1, 0.15) is 24.4 Å². The summed E-state index contributed by atoms with van der Waals surface area (Å²) in [5.41, 5.74) is 0. The van der Waals surface area contributed by atoms with Crippen molar-refractivity contribution in [3.63, 3.8) is 0 Å². The number of aliphatic hydroxyl groups is 5. The second-order valence-electron chi connectivity index (χ2n) is 26.7. The number of aliphatic hydroxyl groups excluding tert-OH is 5. The fourth-order valence-corrected chi connectivity index (χ4v) is 11.9. The molecule has 1 amide bonds. The molecule has 530 valence electrons. The maximum Gasteiger partial charge on any atom is 0.305 e. The standard InChI is InChI=1S/C80H145NO10/c1-3-5-7-9-11-13-15-16-17-42-45-48-52-56-60-64-68-76(85)89-69-65-61-57-53-49-46-43-40-38-36-34-32-30-28-26-24-22-20-18-19-21-23-25-27-29-31-33-35-37-39-41-44-47-51-55-59-63-67-75(84)81-72(71-90-80-79(88)78(87)77(86)74(70-82)91-80)73(83)66-62-58-54-50-14-12-10-8-6-4-2/h13-15,17-18,20,24,26,42,50,62,66,72-74,77-80,82-83,86-88H,3-12,16,19,21-23,25,27-41,43-49,51-61,63-65,67-71H2,1-2H3,(H,81,84)/b15-13-,20-18-,26-24-,42-17-,50-14+,66-62+. The minimum atomic E-state index is -1.58. The van der Waals surface area contributed by atoms with Crippen LogP contribution in [0.25, 0.3) is 0 Å². The summed E-state index contributed by atoms with van der Waals surface area (Å²) in [5, 5.41) is 54.3. The van der Waals surface area contributed by atoms with Gasteiger partial charge in [-0.3, -0.25) is 9.59 Å². The third kappa shape index (κ3) is 57.1. The zero-order valence-electron chi connectivity index (χ0n) is 59.1. The smallest absolute Gasteiger partial charge is 0.305 e. The Kier molecular flexibility index (Phi) is 64.8. The first kappa shape index (κ1) is 86.1. The number of hydrogen-bond acceptors (Lipinski definition) is 10. The summed E-state index contributed by atoms with van der Waals surface area (Å²) >= 11 is 0. The fraction of sp³-hybridized carbons (Fsp3) is 0.825. The van der Waals surface area contributed by atoms with Crippen LogP contribution in [0, 0.1) is 0 Å². The van der Waals surface area contributed by atoms with Gasteiger partial charge >= 0.3 is 5.97 Å². The van der Waals surface area contributed by atoms with E-state index in [0.29, 0.717) is 19.4 Å². The van der Waals surface area contributed by atoms with E-state index in [1.54, 1.807) is 6.08 Å². The lowest BCUT2D eigenvalue weighted by molar-refractivity contribution is -0.302. The molecule has 6 N–H and O–H groups in total. The largest absolute Gasteiger partial charge is 0.466 e. The van der Waals surface area contributed by atoms with E-state index in [1.165, 1.54) is 263 Å². The number of allylic oxidation sites excluding steroid dienone is 11. The molecule has 0 saturated carbocycles. The fourth-order valence-electron chi connectivity index (χ4n) is 11.9. The molecule has 1 aliphatic heterocycles. The van der Waals surface area contributed by atoms with Gasteiger partial charge in [0, 0.05) is 12.8 Å². The van der Waals surface area contributed by atoms with Gasteiger partial charge in [0.15, 0.2) is 6.29 Å². The van der Waals surface area contributed by atoms with Gasteiger partial charge in [-0.2, -0.15) is 0 Å². The van der Waals surface area contributed by atoms with Crippen molar-refractivity contribution in [3.8, 4) is 0 Å². The van der Waals surface area contributed by atoms with Crippen LogP contribution in [-0.4, -0.2) is 100 Å². The highest BCUT2D eigenvalue weighted by Gasteiger charge is 2.44. The lowest BCUT2D eigenvalue weighted by atomic mass is 9.99. The van der Waals surface area contributed by atoms with Gasteiger partial charge in [0.25, 0.3) is 0 Å². The lowest BCUT2D eigenvalue weighted by Gasteiger charge is -2.40. The van der Waals surface area contributed by atoms with E-state index in [4.69, 9.17) is 14.2 Å². The third-order valence-corrected chi connectivity index (χ3v) is 18.0. The van der Waals surface area contributed by atoms with Crippen LogP contribution in [0.15, 0.2) is 72.9 Å². The van der Waals surface area contributed by atoms with Crippen molar-refractivity contribution >= 4 is 11.9 Å². The van der Waals surface area contributed by atoms with E-state index in [1.807, 2.05) is 6.08 Å². The average Bonchev–Trinajstić information content (AvgIpc) is 1.18. The molecule has 0 aliphatic carbocycles. The number of carbonyl (C=O) groups is 2. The van der Waals surface area contributed by atoms with Crippen molar-refractivity contribution in [3.05, 3.63) is 72.9 Å². The SMILES string of the molecule is CCCCCC/C=C\C/C=C\CCCCCCCC(=O)OCCCCCCCCCCCCCCC/C=C\C/C=C\CCCCCCCCCCCCCCCCCCCC(=O)NC(COC1OC(CO)C(O)C(O)C1O)C(O)/C=C/CC/C=C/CCCCCC. The van der Waals surface area contributed by atoms with E-state index in [2.05, 4.69) is 79.9 Å². The molecule has 0 aromatic rings. The van der Waals surface area contributed by atoms with Gasteiger partial charge in [0.2, 0.25) is 5.91 Å². The van der Waals surface area contributed by atoms with E-state index in [9.17, 15) is 35.1 Å². The van der Waals surface area contributed by atoms with E-state index >= 15 is 0 Å². The Labute approximate surface area is 560 Å². The van der Waals surface area contributed by atoms with Gasteiger partial charge in [-0.05, 0) is 109 Å². The Hall–Kier alpha value is -2.90. The van der Waals surface area contributed by atoms with Crippen LogP contribution in [0.5, 0.6) is 0 Å². The maximum absolute atomic E-state index is 13.0. The third-order valence-electron chi connectivity index (χ3n) is 18.0. The Bertz CT molecular complexity index is 1740. The van der Waals surface area contributed by atoms with Gasteiger partial charge in [-0.15, -0.1) is 0 Å². The summed E-state index contributed by atoms with van der Waals surface area (Å²) in [5.74, 6) is -0.192. The summed E-state index contributed by atoms with van der Waals surface area (Å²) in [7, 11) is 0. The summed E-state index contributed by atoms with van der Waals surface area (Å²) in [6, 6.07) is -0.826. The maximum atomic E-state index is 13.0. The number of rotatable bonds is 68. The number of nitrogens with one attached hydrogen (secondary N) is 1. The highest BCUT2D eigenvalue weighted by molar-refractivity contribution is 5.76. The Balaban J connectivity index is 1.89. The Morgan fingerprint density at radius 3 is 1.15 bits per heavy atom. The van der Waals surface area contributed by atoms with Crippen LogP contribution in [0.4, 0.5) is 0 Å². The zero-order valence-corrected chi connectivity index (χ0v) is 59.1. The molecule has 91 heavy (non-hydrogen) atoms. The summed E-state index contributed by atoms with van der Waals surface area (Å²) in [4.78, 5) is 25.1. The molecule has 0 spiro atoms. The number of amides is 1. The predicted molar refractivity (Wildman–Crippen MR) is 384 cm³/mol. The second-order valence-corrected chi connectivity index (χ2v) is 26.7. The normalized spacial score (nSPS) is 18.0. The molecule has 1 aliphatic rings. The van der Waals surface area contributed by atoms with Gasteiger partial charge in [0.05, 0.1) is 32.0 Å².